The molecule has 2 aromatic rings. The van der Waals surface area contributed by atoms with Crippen LogP contribution in [0.15, 0.2) is 30.5 Å². The van der Waals surface area contributed by atoms with E-state index in [1.54, 1.807) is 25.4 Å². The van der Waals surface area contributed by atoms with Gasteiger partial charge in [0.25, 0.3) is 0 Å². The predicted molar refractivity (Wildman–Crippen MR) is 86.4 cm³/mol. The minimum Gasteiger partial charge on any atom is -0.383 e. The molecule has 1 aromatic heterocycles. The molecule has 0 aliphatic carbocycles. The summed E-state index contributed by atoms with van der Waals surface area (Å²) < 4.78 is 5.09. The maximum Gasteiger partial charge on any atom is 0.229 e. The summed E-state index contributed by atoms with van der Waals surface area (Å²) in [5.41, 5.74) is 2.47. The number of hydrogen-bond acceptors (Lipinski definition) is 6. The number of nitriles is 1. The zero-order valence-corrected chi connectivity index (χ0v) is 13.0. The number of nitrogens with one attached hydrogen (secondary N) is 1. The Morgan fingerprint density at radius 1 is 1.32 bits per heavy atom. The van der Waals surface area contributed by atoms with E-state index >= 15 is 0 Å². The van der Waals surface area contributed by atoms with Gasteiger partial charge in [-0.05, 0) is 31.2 Å². The average Bonchev–Trinajstić information content (AvgIpc) is 2.55. The zero-order chi connectivity index (χ0) is 15.9. The number of likely N-dealkylation sites (N-methyl/N-ethyl adjacent to an activating group) is 1. The van der Waals surface area contributed by atoms with Gasteiger partial charge >= 0.3 is 0 Å². The summed E-state index contributed by atoms with van der Waals surface area (Å²) in [5, 5.41) is 12.0. The molecule has 0 unspecified atom stereocenters. The van der Waals surface area contributed by atoms with Crippen LogP contribution in [-0.2, 0) is 4.74 Å². The van der Waals surface area contributed by atoms with Crippen LogP contribution in [0.1, 0.15) is 11.1 Å². The van der Waals surface area contributed by atoms with E-state index in [2.05, 4.69) is 21.4 Å². The van der Waals surface area contributed by atoms with E-state index in [0.717, 1.165) is 23.6 Å². The van der Waals surface area contributed by atoms with Crippen molar-refractivity contribution in [2.45, 2.75) is 6.92 Å². The van der Waals surface area contributed by atoms with Crippen molar-refractivity contribution in [1.82, 2.24) is 9.97 Å². The van der Waals surface area contributed by atoms with Gasteiger partial charge in [0.15, 0.2) is 0 Å². The molecule has 114 valence electrons. The van der Waals surface area contributed by atoms with Gasteiger partial charge in [0.05, 0.1) is 18.2 Å². The topological polar surface area (TPSA) is 74.1 Å². The first-order valence-electron chi connectivity index (χ1n) is 6.95. The smallest absolute Gasteiger partial charge is 0.229 e. The van der Waals surface area contributed by atoms with Crippen molar-refractivity contribution in [1.29, 1.82) is 5.26 Å². The second-order valence-corrected chi connectivity index (χ2v) is 4.93. The molecule has 1 N–H and O–H groups in total. The van der Waals surface area contributed by atoms with Crippen LogP contribution in [0.5, 0.6) is 0 Å². The van der Waals surface area contributed by atoms with E-state index in [-0.39, 0.29) is 0 Å². The lowest BCUT2D eigenvalue weighted by Crippen LogP contribution is -2.24. The molecule has 6 nitrogen and oxygen atoms in total. The van der Waals surface area contributed by atoms with Crippen molar-refractivity contribution in [3.05, 3.63) is 41.6 Å². The van der Waals surface area contributed by atoms with Gasteiger partial charge in [0, 0.05) is 38.1 Å². The highest BCUT2D eigenvalue weighted by atomic mass is 16.5. The molecule has 2 rings (SSSR count). The molecule has 0 amide bonds. The van der Waals surface area contributed by atoms with E-state index in [9.17, 15) is 0 Å². The first-order chi connectivity index (χ1) is 10.6. The molecule has 6 heteroatoms. The molecule has 0 aliphatic rings. The molecule has 1 heterocycles. The molecule has 0 bridgehead atoms. The fraction of sp³-hybridized carbons (Fsp3) is 0.312. The van der Waals surface area contributed by atoms with Gasteiger partial charge in [-0.2, -0.15) is 10.2 Å². The van der Waals surface area contributed by atoms with Crippen molar-refractivity contribution in [3.8, 4) is 6.07 Å². The van der Waals surface area contributed by atoms with E-state index < -0.39 is 0 Å². The molecule has 0 spiro atoms. The third kappa shape index (κ3) is 3.93. The highest BCUT2D eigenvalue weighted by Gasteiger charge is 2.09. The van der Waals surface area contributed by atoms with Crippen LogP contribution in [0.4, 0.5) is 17.5 Å². The summed E-state index contributed by atoms with van der Waals surface area (Å²) in [6.07, 6.45) is 1.79. The fourth-order valence-electron chi connectivity index (χ4n) is 1.97. The molecule has 0 saturated heterocycles. The van der Waals surface area contributed by atoms with Gasteiger partial charge in [0.2, 0.25) is 5.95 Å². The number of aryl methyl sites for hydroxylation is 1. The van der Waals surface area contributed by atoms with E-state index in [1.807, 2.05) is 31.0 Å². The third-order valence-corrected chi connectivity index (χ3v) is 3.21. The van der Waals surface area contributed by atoms with Crippen molar-refractivity contribution >= 4 is 17.5 Å². The molecule has 0 radical (unpaired) electrons. The highest BCUT2D eigenvalue weighted by molar-refractivity contribution is 5.57. The van der Waals surface area contributed by atoms with E-state index in [4.69, 9.17) is 10.00 Å². The summed E-state index contributed by atoms with van der Waals surface area (Å²) in [6.45, 7) is 3.37. The lowest BCUT2D eigenvalue weighted by atomic mass is 10.2. The van der Waals surface area contributed by atoms with E-state index in [1.165, 1.54) is 0 Å². The molecular weight excluding hydrogens is 278 g/mol. The van der Waals surface area contributed by atoms with Gasteiger partial charge in [0.1, 0.15) is 5.82 Å². The van der Waals surface area contributed by atoms with Crippen molar-refractivity contribution in [2.24, 2.45) is 0 Å². The SMILES string of the molecule is COCCN(C)c1nc(Nc2ccc(C#N)cc2)ncc1C. The Morgan fingerprint density at radius 3 is 2.68 bits per heavy atom. The number of anilines is 3. The summed E-state index contributed by atoms with van der Waals surface area (Å²) in [5.74, 6) is 1.39. The third-order valence-electron chi connectivity index (χ3n) is 3.21. The Balaban J connectivity index is 2.16. The van der Waals surface area contributed by atoms with Crippen LogP contribution in [0.3, 0.4) is 0 Å². The summed E-state index contributed by atoms with van der Waals surface area (Å²) in [6, 6.07) is 9.25. The summed E-state index contributed by atoms with van der Waals surface area (Å²) in [4.78, 5) is 10.9. The van der Waals surface area contributed by atoms with Gasteiger partial charge in [-0.1, -0.05) is 0 Å². The van der Waals surface area contributed by atoms with Gasteiger partial charge < -0.3 is 15.0 Å². The van der Waals surface area contributed by atoms with Crippen molar-refractivity contribution in [2.75, 3.05) is 37.5 Å². The summed E-state index contributed by atoms with van der Waals surface area (Å²) in [7, 11) is 3.65. The molecule has 0 aliphatic heterocycles. The number of hydrogen-bond donors (Lipinski definition) is 1. The number of aromatic nitrogens is 2. The van der Waals surface area contributed by atoms with Crippen molar-refractivity contribution < 1.29 is 4.74 Å². The maximum absolute atomic E-state index is 8.81. The molecule has 0 saturated carbocycles. The van der Waals surface area contributed by atoms with Gasteiger partial charge in [-0.3, -0.25) is 0 Å². The molecule has 1 aromatic carbocycles. The normalized spacial score (nSPS) is 10.1. The standard InChI is InChI=1S/C16H19N5O/c1-12-11-18-16(20-15(12)21(2)8-9-22-3)19-14-6-4-13(10-17)5-7-14/h4-7,11H,8-9H2,1-3H3,(H,18,19,20). The number of ether oxygens (including phenoxy) is 1. The Morgan fingerprint density at radius 2 is 2.05 bits per heavy atom. The molecular formula is C16H19N5O. The van der Waals surface area contributed by atoms with Gasteiger partial charge in [-0.15, -0.1) is 0 Å². The number of nitrogens with zero attached hydrogens (tertiary/aromatic N) is 4. The molecule has 22 heavy (non-hydrogen) atoms. The largest absolute Gasteiger partial charge is 0.383 e. The van der Waals surface area contributed by atoms with Gasteiger partial charge in [-0.25, -0.2) is 4.98 Å². The Labute approximate surface area is 130 Å². The van der Waals surface area contributed by atoms with Crippen LogP contribution in [0.2, 0.25) is 0 Å². The average molecular weight is 297 g/mol. The first-order valence-corrected chi connectivity index (χ1v) is 6.95. The van der Waals surface area contributed by atoms with E-state index in [0.29, 0.717) is 18.1 Å². The lowest BCUT2D eigenvalue weighted by Gasteiger charge is -2.20. The Hall–Kier alpha value is -2.65. The number of rotatable bonds is 6. The number of methoxy groups -OCH3 is 1. The van der Waals surface area contributed by atoms with Crippen LogP contribution in [-0.4, -0.2) is 37.3 Å². The molecule has 0 fully saturated rings. The predicted octanol–water partition coefficient (Wildman–Crippen LogP) is 2.48. The minimum atomic E-state index is 0.523. The highest BCUT2D eigenvalue weighted by Crippen LogP contribution is 2.19. The van der Waals surface area contributed by atoms with Crippen LogP contribution < -0.4 is 10.2 Å². The first kappa shape index (κ1) is 15.7. The second kappa shape index (κ2) is 7.38. The Bertz CT molecular complexity index is 663. The second-order valence-electron chi connectivity index (χ2n) is 4.93. The maximum atomic E-state index is 8.81. The zero-order valence-electron chi connectivity index (χ0n) is 13.0. The minimum absolute atomic E-state index is 0.523. The lowest BCUT2D eigenvalue weighted by molar-refractivity contribution is 0.206. The van der Waals surface area contributed by atoms with Crippen LogP contribution in [0, 0.1) is 18.3 Å². The summed E-state index contributed by atoms with van der Waals surface area (Å²) >= 11 is 0. The Kier molecular flexibility index (Phi) is 5.28. The monoisotopic (exact) mass is 297 g/mol. The fourth-order valence-corrected chi connectivity index (χ4v) is 1.97. The van der Waals surface area contributed by atoms with Crippen LogP contribution in [0.25, 0.3) is 0 Å². The van der Waals surface area contributed by atoms with Crippen molar-refractivity contribution in [3.63, 3.8) is 0 Å². The quantitative estimate of drug-likeness (QED) is 0.883. The number of benzene rings is 1. The molecule has 0 atom stereocenters. The van der Waals surface area contributed by atoms with Crippen LogP contribution >= 0.6 is 0 Å².